The van der Waals surface area contributed by atoms with E-state index in [2.05, 4.69) is 17.2 Å². The number of aryl methyl sites for hydroxylation is 1. The molecule has 0 aliphatic rings. The van der Waals surface area contributed by atoms with E-state index in [1.54, 1.807) is 6.20 Å². The van der Waals surface area contributed by atoms with Crippen LogP contribution in [0.3, 0.4) is 0 Å². The van der Waals surface area contributed by atoms with Gasteiger partial charge in [0.2, 0.25) is 0 Å². The fourth-order valence-electron chi connectivity index (χ4n) is 1.36. The molecule has 1 aromatic rings. The van der Waals surface area contributed by atoms with Crippen LogP contribution < -0.4 is 5.32 Å². The molecule has 0 radical (unpaired) electrons. The molecule has 0 saturated heterocycles. The van der Waals surface area contributed by atoms with Crippen LogP contribution in [-0.4, -0.2) is 22.7 Å². The van der Waals surface area contributed by atoms with Gasteiger partial charge in [0.1, 0.15) is 5.82 Å². The summed E-state index contributed by atoms with van der Waals surface area (Å²) in [6.45, 7) is 4.35. The number of anilines is 1. The molecule has 1 heterocycles. The number of nitrogens with zero attached hydrogens (tertiary/aromatic N) is 1. The predicted molar refractivity (Wildman–Crippen MR) is 58.4 cm³/mol. The molecule has 14 heavy (non-hydrogen) atoms. The van der Waals surface area contributed by atoms with E-state index in [-0.39, 0.29) is 6.61 Å². The van der Waals surface area contributed by atoms with Crippen LogP contribution in [0.1, 0.15) is 25.3 Å². The number of aliphatic hydroxyl groups excluding tert-OH is 1. The van der Waals surface area contributed by atoms with Crippen LogP contribution >= 0.6 is 0 Å². The van der Waals surface area contributed by atoms with Crippen molar-refractivity contribution in [3.05, 3.63) is 23.9 Å². The van der Waals surface area contributed by atoms with Gasteiger partial charge in [-0.05, 0) is 31.4 Å². The zero-order chi connectivity index (χ0) is 10.4. The van der Waals surface area contributed by atoms with E-state index in [9.17, 15) is 0 Å². The lowest BCUT2D eigenvalue weighted by molar-refractivity contribution is 0.278. The molecule has 2 N–H and O–H groups in total. The van der Waals surface area contributed by atoms with E-state index >= 15 is 0 Å². The van der Waals surface area contributed by atoms with Gasteiger partial charge in [-0.1, -0.05) is 13.0 Å². The molecule has 1 unspecified atom stereocenters. The standard InChI is InChI=1S/C11H18N2O/c1-3-10(6-8-14)13-11-9(2)5-4-7-12-11/h4-5,7,10,14H,3,6,8H2,1-2H3,(H,12,13). The van der Waals surface area contributed by atoms with Gasteiger partial charge in [0.15, 0.2) is 0 Å². The monoisotopic (exact) mass is 194 g/mol. The van der Waals surface area contributed by atoms with Gasteiger partial charge in [-0.25, -0.2) is 4.98 Å². The zero-order valence-electron chi connectivity index (χ0n) is 8.83. The van der Waals surface area contributed by atoms with Crippen LogP contribution in [0.2, 0.25) is 0 Å². The first-order valence-electron chi connectivity index (χ1n) is 5.07. The third-order valence-corrected chi connectivity index (χ3v) is 2.32. The first-order chi connectivity index (χ1) is 6.77. The zero-order valence-corrected chi connectivity index (χ0v) is 8.83. The number of aliphatic hydroxyl groups is 1. The van der Waals surface area contributed by atoms with Gasteiger partial charge < -0.3 is 10.4 Å². The molecule has 1 rings (SSSR count). The van der Waals surface area contributed by atoms with Crippen LogP contribution in [0.4, 0.5) is 5.82 Å². The van der Waals surface area contributed by atoms with E-state index < -0.39 is 0 Å². The van der Waals surface area contributed by atoms with Crippen LogP contribution in [0.15, 0.2) is 18.3 Å². The molecule has 0 amide bonds. The highest BCUT2D eigenvalue weighted by Gasteiger charge is 2.06. The second-order valence-corrected chi connectivity index (χ2v) is 3.43. The summed E-state index contributed by atoms with van der Waals surface area (Å²) in [7, 11) is 0. The van der Waals surface area contributed by atoms with Crippen molar-refractivity contribution in [3.8, 4) is 0 Å². The molecule has 0 spiro atoms. The number of aromatic nitrogens is 1. The lowest BCUT2D eigenvalue weighted by atomic mass is 10.1. The Hall–Kier alpha value is -1.09. The molecule has 3 heteroatoms. The molecule has 0 fully saturated rings. The quantitative estimate of drug-likeness (QED) is 0.753. The SMILES string of the molecule is CCC(CCO)Nc1ncccc1C. The smallest absolute Gasteiger partial charge is 0.129 e. The largest absolute Gasteiger partial charge is 0.396 e. The average Bonchev–Trinajstić information content (AvgIpc) is 2.20. The molecule has 78 valence electrons. The summed E-state index contributed by atoms with van der Waals surface area (Å²) in [4.78, 5) is 4.26. The minimum Gasteiger partial charge on any atom is -0.396 e. The summed E-state index contributed by atoms with van der Waals surface area (Å²) < 4.78 is 0. The summed E-state index contributed by atoms with van der Waals surface area (Å²) in [5, 5.41) is 12.2. The lowest BCUT2D eigenvalue weighted by Gasteiger charge is -2.17. The number of rotatable bonds is 5. The average molecular weight is 194 g/mol. The third-order valence-electron chi connectivity index (χ3n) is 2.32. The summed E-state index contributed by atoms with van der Waals surface area (Å²) in [5.74, 6) is 0.924. The maximum absolute atomic E-state index is 8.85. The van der Waals surface area contributed by atoms with E-state index in [1.807, 2.05) is 19.1 Å². The lowest BCUT2D eigenvalue weighted by Crippen LogP contribution is -2.21. The Kier molecular flexibility index (Phi) is 4.40. The fourth-order valence-corrected chi connectivity index (χ4v) is 1.36. The molecule has 0 bridgehead atoms. The Labute approximate surface area is 85.2 Å². The highest BCUT2D eigenvalue weighted by Crippen LogP contribution is 2.12. The maximum atomic E-state index is 8.85. The predicted octanol–water partition coefficient (Wildman–Crippen LogP) is 1.96. The van der Waals surface area contributed by atoms with Crippen molar-refractivity contribution in [1.29, 1.82) is 0 Å². The maximum Gasteiger partial charge on any atom is 0.129 e. The summed E-state index contributed by atoms with van der Waals surface area (Å²) in [6.07, 6.45) is 3.55. The van der Waals surface area contributed by atoms with E-state index in [0.717, 1.165) is 24.2 Å². The molecular weight excluding hydrogens is 176 g/mol. The van der Waals surface area contributed by atoms with Gasteiger partial charge in [0.05, 0.1) is 0 Å². The van der Waals surface area contributed by atoms with E-state index in [1.165, 1.54) is 0 Å². The minimum absolute atomic E-state index is 0.220. The van der Waals surface area contributed by atoms with Gasteiger partial charge >= 0.3 is 0 Å². The molecular formula is C11H18N2O. The van der Waals surface area contributed by atoms with Crippen LogP contribution in [0.25, 0.3) is 0 Å². The second-order valence-electron chi connectivity index (χ2n) is 3.43. The van der Waals surface area contributed by atoms with Gasteiger partial charge in [-0.3, -0.25) is 0 Å². The van der Waals surface area contributed by atoms with Crippen molar-refractivity contribution in [1.82, 2.24) is 4.98 Å². The molecule has 1 atom stereocenters. The number of pyridine rings is 1. The van der Waals surface area contributed by atoms with Crippen molar-refractivity contribution >= 4 is 5.82 Å². The first kappa shape index (κ1) is 11.0. The van der Waals surface area contributed by atoms with Crippen molar-refractivity contribution in [2.24, 2.45) is 0 Å². The number of hydrogen-bond donors (Lipinski definition) is 2. The fraction of sp³-hybridized carbons (Fsp3) is 0.545. The Morgan fingerprint density at radius 2 is 2.36 bits per heavy atom. The molecule has 1 aromatic heterocycles. The Morgan fingerprint density at radius 3 is 2.93 bits per heavy atom. The van der Waals surface area contributed by atoms with Crippen molar-refractivity contribution in [3.63, 3.8) is 0 Å². The number of hydrogen-bond acceptors (Lipinski definition) is 3. The van der Waals surface area contributed by atoms with Gasteiger partial charge in [-0.2, -0.15) is 0 Å². The third kappa shape index (κ3) is 3.00. The van der Waals surface area contributed by atoms with Gasteiger partial charge in [0.25, 0.3) is 0 Å². The normalized spacial score (nSPS) is 12.5. The van der Waals surface area contributed by atoms with Gasteiger partial charge in [0, 0.05) is 18.8 Å². The van der Waals surface area contributed by atoms with Crippen LogP contribution in [-0.2, 0) is 0 Å². The summed E-state index contributed by atoms with van der Waals surface area (Å²) in [6, 6.07) is 4.27. The molecule has 0 aliphatic heterocycles. The van der Waals surface area contributed by atoms with E-state index in [4.69, 9.17) is 5.11 Å². The highest BCUT2D eigenvalue weighted by molar-refractivity contribution is 5.43. The van der Waals surface area contributed by atoms with Crippen molar-refractivity contribution in [2.75, 3.05) is 11.9 Å². The topological polar surface area (TPSA) is 45.1 Å². The van der Waals surface area contributed by atoms with Crippen LogP contribution in [0.5, 0.6) is 0 Å². The Balaban J connectivity index is 2.62. The summed E-state index contributed by atoms with van der Waals surface area (Å²) in [5.41, 5.74) is 1.14. The molecule has 0 aromatic carbocycles. The minimum atomic E-state index is 0.220. The van der Waals surface area contributed by atoms with Crippen molar-refractivity contribution in [2.45, 2.75) is 32.7 Å². The Bertz CT molecular complexity index is 276. The van der Waals surface area contributed by atoms with Crippen LogP contribution in [0, 0.1) is 6.92 Å². The first-order valence-corrected chi connectivity index (χ1v) is 5.07. The number of nitrogens with one attached hydrogen (secondary N) is 1. The molecule has 0 aliphatic carbocycles. The van der Waals surface area contributed by atoms with Crippen molar-refractivity contribution < 1.29 is 5.11 Å². The highest BCUT2D eigenvalue weighted by atomic mass is 16.3. The molecule has 3 nitrogen and oxygen atoms in total. The molecule has 0 saturated carbocycles. The van der Waals surface area contributed by atoms with Gasteiger partial charge in [-0.15, -0.1) is 0 Å². The van der Waals surface area contributed by atoms with E-state index in [0.29, 0.717) is 6.04 Å². The summed E-state index contributed by atoms with van der Waals surface area (Å²) >= 11 is 0. The Morgan fingerprint density at radius 1 is 1.57 bits per heavy atom. The second kappa shape index (κ2) is 5.60.